The summed E-state index contributed by atoms with van der Waals surface area (Å²) in [5.74, 6) is 0.458. The van der Waals surface area contributed by atoms with E-state index in [1.807, 2.05) is 18.5 Å². The van der Waals surface area contributed by atoms with Crippen molar-refractivity contribution < 1.29 is 4.74 Å². The number of rotatable bonds is 2. The van der Waals surface area contributed by atoms with Gasteiger partial charge in [0.05, 0.1) is 29.6 Å². The number of aromatic nitrogens is 4. The zero-order chi connectivity index (χ0) is 14.3. The topological polar surface area (TPSA) is 52.8 Å². The average Bonchev–Trinajstić information content (AvgIpc) is 2.79. The Balaban J connectivity index is 2.30. The third kappa shape index (κ3) is 1.82. The van der Waals surface area contributed by atoms with Gasteiger partial charge in [0.15, 0.2) is 5.52 Å². The highest BCUT2D eigenvalue weighted by Gasteiger charge is 2.16. The third-order valence-electron chi connectivity index (χ3n) is 3.44. The van der Waals surface area contributed by atoms with Gasteiger partial charge in [-0.1, -0.05) is 17.7 Å². The van der Waals surface area contributed by atoms with Crippen molar-refractivity contribution in [3.05, 3.63) is 41.2 Å². The van der Waals surface area contributed by atoms with Crippen molar-refractivity contribution in [3.63, 3.8) is 0 Å². The average molecular weight is 268 g/mol. The highest BCUT2D eigenvalue weighted by molar-refractivity contribution is 5.87. The van der Waals surface area contributed by atoms with Crippen LogP contribution in [0.15, 0.2) is 24.3 Å². The number of methoxy groups -OCH3 is 1. The number of hydrogen-bond donors (Lipinski definition) is 0. The van der Waals surface area contributed by atoms with E-state index in [1.54, 1.807) is 7.11 Å². The van der Waals surface area contributed by atoms with Gasteiger partial charge in [0.1, 0.15) is 0 Å². The van der Waals surface area contributed by atoms with Gasteiger partial charge >= 0.3 is 0 Å². The summed E-state index contributed by atoms with van der Waals surface area (Å²) in [6.07, 6.45) is 0. The quantitative estimate of drug-likeness (QED) is 0.717. The second-order valence-electron chi connectivity index (χ2n) is 4.85. The van der Waals surface area contributed by atoms with Crippen molar-refractivity contribution in [3.8, 4) is 11.6 Å². The number of aryl methyl sites for hydroxylation is 3. The fourth-order valence-corrected chi connectivity index (χ4v) is 2.38. The molecule has 2 heterocycles. The molecule has 0 radical (unpaired) electrons. The van der Waals surface area contributed by atoms with Gasteiger partial charge in [0.25, 0.3) is 5.88 Å². The van der Waals surface area contributed by atoms with Crippen molar-refractivity contribution in [2.45, 2.75) is 20.8 Å². The summed E-state index contributed by atoms with van der Waals surface area (Å²) in [6, 6.07) is 8.25. The molecule has 0 N–H and O–H groups in total. The van der Waals surface area contributed by atoms with Crippen LogP contribution in [0.4, 0.5) is 0 Å². The Kier molecular flexibility index (Phi) is 2.89. The van der Waals surface area contributed by atoms with Crippen molar-refractivity contribution in [2.75, 3.05) is 7.11 Å². The molecule has 20 heavy (non-hydrogen) atoms. The number of fused-ring (bicyclic) bond motifs is 1. The van der Waals surface area contributed by atoms with Crippen molar-refractivity contribution >= 4 is 10.9 Å². The SMILES string of the molecule is COc1nnc(C)c2c(C)n(-c3ccc(C)cc3)nc12. The van der Waals surface area contributed by atoms with E-state index in [2.05, 4.69) is 46.5 Å². The smallest absolute Gasteiger partial charge is 0.261 e. The molecule has 0 fully saturated rings. The first-order valence-electron chi connectivity index (χ1n) is 6.45. The summed E-state index contributed by atoms with van der Waals surface area (Å²) < 4.78 is 7.16. The molecule has 0 unspecified atom stereocenters. The van der Waals surface area contributed by atoms with Crippen LogP contribution in [-0.2, 0) is 0 Å². The predicted molar refractivity (Wildman–Crippen MR) is 77.4 cm³/mol. The van der Waals surface area contributed by atoms with Crippen LogP contribution < -0.4 is 4.74 Å². The van der Waals surface area contributed by atoms with Crippen molar-refractivity contribution in [2.24, 2.45) is 0 Å². The molecule has 3 rings (SSSR count). The maximum absolute atomic E-state index is 5.26. The fraction of sp³-hybridized carbons (Fsp3) is 0.267. The Morgan fingerprint density at radius 1 is 1.00 bits per heavy atom. The van der Waals surface area contributed by atoms with Gasteiger partial charge in [-0.15, -0.1) is 5.10 Å². The van der Waals surface area contributed by atoms with Gasteiger partial charge in [0, 0.05) is 0 Å². The standard InChI is InChI=1S/C15H16N4O/c1-9-5-7-12(8-6-9)19-11(3)13-10(2)16-17-15(20-4)14(13)18-19/h5-8H,1-4H3. The Hall–Kier alpha value is -2.43. The van der Waals surface area contributed by atoms with Crippen LogP contribution in [-0.4, -0.2) is 27.1 Å². The zero-order valence-corrected chi connectivity index (χ0v) is 12.0. The van der Waals surface area contributed by atoms with Crippen LogP contribution in [0.2, 0.25) is 0 Å². The molecule has 0 spiro atoms. The largest absolute Gasteiger partial charge is 0.478 e. The Labute approximate surface area is 117 Å². The monoisotopic (exact) mass is 268 g/mol. The normalized spacial score (nSPS) is 11.0. The maximum Gasteiger partial charge on any atom is 0.261 e. The molecule has 102 valence electrons. The van der Waals surface area contributed by atoms with Gasteiger partial charge in [-0.05, 0) is 32.9 Å². The summed E-state index contributed by atoms with van der Waals surface area (Å²) >= 11 is 0. The van der Waals surface area contributed by atoms with Crippen molar-refractivity contribution in [1.82, 2.24) is 20.0 Å². The molecule has 5 heteroatoms. The molecular weight excluding hydrogens is 252 g/mol. The van der Waals surface area contributed by atoms with E-state index in [9.17, 15) is 0 Å². The second kappa shape index (κ2) is 4.59. The summed E-state index contributed by atoms with van der Waals surface area (Å²) in [5.41, 5.74) is 4.88. The lowest BCUT2D eigenvalue weighted by atomic mass is 10.2. The maximum atomic E-state index is 5.26. The molecule has 0 bridgehead atoms. The number of benzene rings is 1. The van der Waals surface area contributed by atoms with Gasteiger partial charge in [-0.2, -0.15) is 10.2 Å². The third-order valence-corrected chi connectivity index (χ3v) is 3.44. The van der Waals surface area contributed by atoms with Crippen LogP contribution >= 0.6 is 0 Å². The molecule has 0 aliphatic carbocycles. The fourth-order valence-electron chi connectivity index (χ4n) is 2.38. The van der Waals surface area contributed by atoms with Gasteiger partial charge in [-0.25, -0.2) is 4.68 Å². The summed E-state index contributed by atoms with van der Waals surface area (Å²) in [6.45, 7) is 6.03. The van der Waals surface area contributed by atoms with E-state index in [4.69, 9.17) is 4.74 Å². The summed E-state index contributed by atoms with van der Waals surface area (Å²) in [5, 5.41) is 13.8. The van der Waals surface area contributed by atoms with E-state index in [0.717, 1.165) is 28.0 Å². The van der Waals surface area contributed by atoms with E-state index in [-0.39, 0.29) is 0 Å². The molecule has 0 saturated carbocycles. The summed E-state index contributed by atoms with van der Waals surface area (Å²) in [7, 11) is 1.58. The van der Waals surface area contributed by atoms with Crippen LogP contribution in [0.1, 0.15) is 17.0 Å². The first-order valence-corrected chi connectivity index (χ1v) is 6.45. The van der Waals surface area contributed by atoms with E-state index in [1.165, 1.54) is 5.56 Å². The zero-order valence-electron chi connectivity index (χ0n) is 12.0. The van der Waals surface area contributed by atoms with Gasteiger partial charge in [-0.3, -0.25) is 0 Å². The molecule has 5 nitrogen and oxygen atoms in total. The Morgan fingerprint density at radius 2 is 1.70 bits per heavy atom. The van der Waals surface area contributed by atoms with Crippen LogP contribution in [0.25, 0.3) is 16.6 Å². The predicted octanol–water partition coefficient (Wildman–Crippen LogP) is 2.75. The van der Waals surface area contributed by atoms with Gasteiger partial charge < -0.3 is 4.74 Å². The molecule has 0 saturated heterocycles. The first kappa shape index (κ1) is 12.6. The molecule has 2 aromatic heterocycles. The molecular formula is C15H16N4O. The van der Waals surface area contributed by atoms with E-state index < -0.39 is 0 Å². The number of hydrogen-bond acceptors (Lipinski definition) is 4. The molecule has 0 amide bonds. The number of nitrogens with zero attached hydrogens (tertiary/aromatic N) is 4. The lowest BCUT2D eigenvalue weighted by molar-refractivity contribution is 0.396. The van der Waals surface area contributed by atoms with Crippen LogP contribution in [0.3, 0.4) is 0 Å². The molecule has 0 aliphatic heterocycles. The van der Waals surface area contributed by atoms with Crippen LogP contribution in [0.5, 0.6) is 5.88 Å². The molecule has 0 atom stereocenters. The minimum Gasteiger partial charge on any atom is -0.478 e. The molecule has 3 aromatic rings. The molecule has 0 aliphatic rings. The lowest BCUT2D eigenvalue weighted by Gasteiger charge is -2.04. The minimum atomic E-state index is 0.458. The van der Waals surface area contributed by atoms with Crippen LogP contribution in [0, 0.1) is 20.8 Å². The minimum absolute atomic E-state index is 0.458. The van der Waals surface area contributed by atoms with E-state index in [0.29, 0.717) is 5.88 Å². The number of ether oxygens (including phenoxy) is 1. The van der Waals surface area contributed by atoms with Gasteiger partial charge in [0.2, 0.25) is 0 Å². The van der Waals surface area contributed by atoms with Crippen molar-refractivity contribution in [1.29, 1.82) is 0 Å². The Bertz CT molecular complexity index is 775. The highest BCUT2D eigenvalue weighted by atomic mass is 16.5. The second-order valence-corrected chi connectivity index (χ2v) is 4.85. The molecule has 1 aromatic carbocycles. The van der Waals surface area contributed by atoms with E-state index >= 15 is 0 Å². The highest BCUT2D eigenvalue weighted by Crippen LogP contribution is 2.28. The first-order chi connectivity index (χ1) is 9.61. The summed E-state index contributed by atoms with van der Waals surface area (Å²) in [4.78, 5) is 0. The lowest BCUT2D eigenvalue weighted by Crippen LogP contribution is -1.98. The Morgan fingerprint density at radius 3 is 2.35 bits per heavy atom.